The molecule has 1 fully saturated rings. The van der Waals surface area contributed by atoms with Gasteiger partial charge in [0.1, 0.15) is 5.78 Å². The summed E-state index contributed by atoms with van der Waals surface area (Å²) < 4.78 is 1.94. The molecule has 1 atom stereocenters. The summed E-state index contributed by atoms with van der Waals surface area (Å²) >= 11 is 0. The average Bonchev–Trinajstić information content (AvgIpc) is 2.98. The fourth-order valence-electron chi connectivity index (χ4n) is 2.32. The lowest BCUT2D eigenvalue weighted by molar-refractivity contribution is -0.117. The summed E-state index contributed by atoms with van der Waals surface area (Å²) in [5.74, 6) is 0.353. The fourth-order valence-corrected chi connectivity index (χ4v) is 2.32. The van der Waals surface area contributed by atoms with E-state index in [0.29, 0.717) is 18.6 Å². The lowest BCUT2D eigenvalue weighted by Gasteiger charge is -2.07. The van der Waals surface area contributed by atoms with Gasteiger partial charge in [0.15, 0.2) is 0 Å². The van der Waals surface area contributed by atoms with Crippen LogP contribution < -0.4 is 0 Å². The maximum atomic E-state index is 11.3. The topological polar surface area (TPSA) is 34.9 Å². The molecule has 1 aliphatic carbocycles. The molecule has 1 saturated carbocycles. The Morgan fingerprint density at radius 3 is 2.71 bits per heavy atom. The Labute approximate surface area is 100 Å². The van der Waals surface area contributed by atoms with Crippen molar-refractivity contribution in [1.82, 2.24) is 9.78 Å². The molecular weight excluding hydrogens is 212 g/mol. The van der Waals surface area contributed by atoms with E-state index in [4.69, 9.17) is 0 Å². The van der Waals surface area contributed by atoms with Gasteiger partial charge in [0.25, 0.3) is 0 Å². The molecule has 0 spiro atoms. The van der Waals surface area contributed by atoms with Gasteiger partial charge in [-0.15, -0.1) is 0 Å². The predicted molar refractivity (Wildman–Crippen MR) is 65.6 cm³/mol. The van der Waals surface area contributed by atoms with Crippen molar-refractivity contribution in [3.05, 3.63) is 42.6 Å². The van der Waals surface area contributed by atoms with E-state index in [2.05, 4.69) is 5.10 Å². The first kappa shape index (κ1) is 10.3. The number of benzene rings is 1. The van der Waals surface area contributed by atoms with Crippen LogP contribution in [-0.2, 0) is 4.79 Å². The third kappa shape index (κ3) is 2.00. The number of aromatic nitrogens is 2. The molecule has 0 bridgehead atoms. The Morgan fingerprint density at radius 2 is 2.00 bits per heavy atom. The largest absolute Gasteiger partial charge is 0.300 e. The highest BCUT2D eigenvalue weighted by molar-refractivity contribution is 5.80. The number of ketones is 1. The van der Waals surface area contributed by atoms with Crippen LogP contribution in [0, 0.1) is 0 Å². The molecule has 0 aliphatic heterocycles. The molecule has 1 aromatic heterocycles. The first-order valence-electron chi connectivity index (χ1n) is 5.95. The van der Waals surface area contributed by atoms with Crippen molar-refractivity contribution in [1.29, 1.82) is 0 Å². The van der Waals surface area contributed by atoms with Crippen LogP contribution in [0.25, 0.3) is 11.3 Å². The highest BCUT2D eigenvalue weighted by Gasteiger charge is 2.24. The van der Waals surface area contributed by atoms with E-state index in [9.17, 15) is 4.79 Å². The van der Waals surface area contributed by atoms with Crippen LogP contribution in [0.5, 0.6) is 0 Å². The van der Waals surface area contributed by atoms with Gasteiger partial charge in [-0.05, 0) is 12.5 Å². The average molecular weight is 226 g/mol. The van der Waals surface area contributed by atoms with Crippen LogP contribution in [-0.4, -0.2) is 15.6 Å². The van der Waals surface area contributed by atoms with Gasteiger partial charge < -0.3 is 0 Å². The molecule has 1 aliphatic rings. The van der Waals surface area contributed by atoms with Crippen molar-refractivity contribution in [2.75, 3.05) is 0 Å². The Hall–Kier alpha value is -1.90. The lowest BCUT2D eigenvalue weighted by atomic mass is 10.2. The molecule has 3 heteroatoms. The predicted octanol–water partition coefficient (Wildman–Crippen LogP) is 2.84. The smallest absolute Gasteiger partial charge is 0.135 e. The number of rotatable bonds is 2. The van der Waals surface area contributed by atoms with Crippen LogP contribution in [0.4, 0.5) is 0 Å². The molecule has 0 N–H and O–H groups in total. The molecule has 1 aromatic carbocycles. The molecule has 0 amide bonds. The molecule has 2 aromatic rings. The second-order valence-corrected chi connectivity index (χ2v) is 4.48. The van der Waals surface area contributed by atoms with Gasteiger partial charge in [0, 0.05) is 24.6 Å². The Bertz CT molecular complexity index is 530. The zero-order valence-corrected chi connectivity index (χ0v) is 9.54. The fraction of sp³-hybridized carbons (Fsp3) is 0.286. The second kappa shape index (κ2) is 4.17. The van der Waals surface area contributed by atoms with E-state index < -0.39 is 0 Å². The Balaban J connectivity index is 1.86. The first-order valence-corrected chi connectivity index (χ1v) is 5.95. The Morgan fingerprint density at radius 1 is 1.18 bits per heavy atom. The van der Waals surface area contributed by atoms with Crippen molar-refractivity contribution in [3.63, 3.8) is 0 Å². The SMILES string of the molecule is O=C1CCC(n2ccc(-c3ccccc3)n2)C1. The zero-order chi connectivity index (χ0) is 11.7. The number of Topliss-reactive ketones (excluding diaryl/α,β-unsaturated/α-hetero) is 1. The maximum absolute atomic E-state index is 11.3. The minimum atomic E-state index is 0.264. The van der Waals surface area contributed by atoms with Gasteiger partial charge in [0.2, 0.25) is 0 Å². The summed E-state index contributed by atoms with van der Waals surface area (Å²) in [6.07, 6.45) is 4.24. The molecule has 0 radical (unpaired) electrons. The van der Waals surface area contributed by atoms with Gasteiger partial charge in [-0.1, -0.05) is 30.3 Å². The highest BCUT2D eigenvalue weighted by atomic mass is 16.1. The van der Waals surface area contributed by atoms with Gasteiger partial charge in [-0.2, -0.15) is 5.10 Å². The van der Waals surface area contributed by atoms with Gasteiger partial charge >= 0.3 is 0 Å². The number of hydrogen-bond acceptors (Lipinski definition) is 2. The molecule has 1 unspecified atom stereocenters. The number of nitrogens with zero attached hydrogens (tertiary/aromatic N) is 2. The molecule has 17 heavy (non-hydrogen) atoms. The van der Waals surface area contributed by atoms with Crippen LogP contribution in [0.1, 0.15) is 25.3 Å². The standard InChI is InChI=1S/C14H14N2O/c17-13-7-6-12(10-13)16-9-8-14(15-16)11-4-2-1-3-5-11/h1-5,8-9,12H,6-7,10H2. The highest BCUT2D eigenvalue weighted by Crippen LogP contribution is 2.27. The van der Waals surface area contributed by atoms with Crippen molar-refractivity contribution >= 4 is 5.78 Å². The Kier molecular flexibility index (Phi) is 2.52. The van der Waals surface area contributed by atoms with E-state index in [0.717, 1.165) is 17.7 Å². The van der Waals surface area contributed by atoms with E-state index >= 15 is 0 Å². The summed E-state index contributed by atoms with van der Waals surface area (Å²) in [5.41, 5.74) is 2.10. The van der Waals surface area contributed by atoms with E-state index in [1.165, 1.54) is 0 Å². The quantitative estimate of drug-likeness (QED) is 0.789. The van der Waals surface area contributed by atoms with Crippen LogP contribution in [0.2, 0.25) is 0 Å². The third-order valence-corrected chi connectivity index (χ3v) is 3.27. The van der Waals surface area contributed by atoms with Gasteiger partial charge in [0.05, 0.1) is 11.7 Å². The molecular formula is C14H14N2O. The maximum Gasteiger partial charge on any atom is 0.135 e. The normalized spacial score (nSPS) is 19.8. The van der Waals surface area contributed by atoms with Crippen LogP contribution >= 0.6 is 0 Å². The third-order valence-electron chi connectivity index (χ3n) is 3.27. The van der Waals surface area contributed by atoms with Crippen LogP contribution in [0.3, 0.4) is 0 Å². The molecule has 3 rings (SSSR count). The van der Waals surface area contributed by atoms with E-state index in [1.54, 1.807) is 0 Å². The summed E-state index contributed by atoms with van der Waals surface area (Å²) in [6, 6.07) is 12.4. The van der Waals surface area contributed by atoms with E-state index in [-0.39, 0.29) is 6.04 Å². The number of carbonyl (C=O) groups excluding carboxylic acids is 1. The molecule has 86 valence electrons. The monoisotopic (exact) mass is 226 g/mol. The number of hydrogen-bond donors (Lipinski definition) is 0. The molecule has 1 heterocycles. The summed E-state index contributed by atoms with van der Waals surface area (Å²) in [6.45, 7) is 0. The van der Waals surface area contributed by atoms with Crippen molar-refractivity contribution < 1.29 is 4.79 Å². The minimum Gasteiger partial charge on any atom is -0.300 e. The minimum absolute atomic E-state index is 0.264. The van der Waals surface area contributed by atoms with E-state index in [1.807, 2.05) is 47.3 Å². The van der Waals surface area contributed by atoms with Crippen molar-refractivity contribution in [2.24, 2.45) is 0 Å². The summed E-state index contributed by atoms with van der Waals surface area (Å²) in [4.78, 5) is 11.3. The molecule has 3 nitrogen and oxygen atoms in total. The molecule has 0 saturated heterocycles. The van der Waals surface area contributed by atoms with Gasteiger partial charge in [-0.25, -0.2) is 0 Å². The van der Waals surface area contributed by atoms with Crippen molar-refractivity contribution in [2.45, 2.75) is 25.3 Å². The second-order valence-electron chi connectivity index (χ2n) is 4.48. The number of carbonyl (C=O) groups is 1. The summed E-state index contributed by atoms with van der Waals surface area (Å²) in [7, 11) is 0. The lowest BCUT2D eigenvalue weighted by Crippen LogP contribution is -2.06. The van der Waals surface area contributed by atoms with Gasteiger partial charge in [-0.3, -0.25) is 9.48 Å². The first-order chi connectivity index (χ1) is 8.33. The van der Waals surface area contributed by atoms with Crippen LogP contribution in [0.15, 0.2) is 42.6 Å². The van der Waals surface area contributed by atoms with Crippen molar-refractivity contribution in [3.8, 4) is 11.3 Å². The summed E-state index contributed by atoms with van der Waals surface area (Å²) in [5, 5.41) is 4.56. The zero-order valence-electron chi connectivity index (χ0n) is 9.54.